The molecule has 1 rings (SSSR count). The molecule has 0 amide bonds. The lowest BCUT2D eigenvalue weighted by atomic mass is 10.2. The zero-order valence-corrected chi connectivity index (χ0v) is 8.01. The van der Waals surface area contributed by atoms with E-state index in [2.05, 4.69) is 4.99 Å². The lowest BCUT2D eigenvalue weighted by molar-refractivity contribution is 0.614. The molecular weight excluding hydrogens is 198 g/mol. The van der Waals surface area contributed by atoms with E-state index in [4.69, 9.17) is 10.7 Å². The first-order chi connectivity index (χ1) is 5.50. The predicted octanol–water partition coefficient (Wildman–Crippen LogP) is 1.67. The molecule has 0 aliphatic carbocycles. The molecule has 0 N–H and O–H groups in total. The Morgan fingerprint density at radius 2 is 2.25 bits per heavy atom. The molecule has 66 valence electrons. The maximum atomic E-state index is 10.8. The molecule has 1 aliphatic rings. The Hall–Kier alpha value is -0.610. The topological polar surface area (TPSA) is 46.5 Å². The maximum absolute atomic E-state index is 10.8. The molecule has 1 aliphatic heterocycles. The largest absolute Gasteiger partial charge is 0.278 e. The van der Waals surface area contributed by atoms with Crippen molar-refractivity contribution in [3.63, 3.8) is 0 Å². The summed E-state index contributed by atoms with van der Waals surface area (Å²) in [6.07, 6.45) is 6.44. The van der Waals surface area contributed by atoms with Crippen molar-refractivity contribution in [1.29, 1.82) is 0 Å². The van der Waals surface area contributed by atoms with E-state index < -0.39 is 9.05 Å². The summed E-state index contributed by atoms with van der Waals surface area (Å²) in [5.74, 6) is 0.0380. The van der Waals surface area contributed by atoms with Gasteiger partial charge in [-0.25, -0.2) is 13.4 Å². The van der Waals surface area contributed by atoms with Gasteiger partial charge in [0.2, 0.25) is 0 Å². The van der Waals surface area contributed by atoms with E-state index in [0.717, 1.165) is 0 Å². The van der Waals surface area contributed by atoms with Crippen LogP contribution in [0.15, 0.2) is 28.2 Å². The molecule has 3 nitrogen and oxygen atoms in total. The van der Waals surface area contributed by atoms with Crippen molar-refractivity contribution in [2.45, 2.75) is 6.92 Å². The highest BCUT2D eigenvalue weighted by Crippen LogP contribution is 2.17. The van der Waals surface area contributed by atoms with E-state index >= 15 is 0 Å². The molecule has 0 spiro atoms. The van der Waals surface area contributed by atoms with Gasteiger partial charge >= 0.3 is 0 Å². The van der Waals surface area contributed by atoms with E-state index in [9.17, 15) is 8.42 Å². The normalized spacial score (nSPS) is 23.5. The van der Waals surface area contributed by atoms with Crippen LogP contribution in [0.25, 0.3) is 0 Å². The van der Waals surface area contributed by atoms with Gasteiger partial charge in [0.25, 0.3) is 9.05 Å². The van der Waals surface area contributed by atoms with Crippen molar-refractivity contribution >= 4 is 25.9 Å². The Balaban J connectivity index is 3.08. The predicted molar refractivity (Wildman–Crippen MR) is 49.7 cm³/mol. The minimum absolute atomic E-state index is 0.0380. The summed E-state index contributed by atoms with van der Waals surface area (Å²) in [5, 5.41) is -0.0818. The molecule has 0 saturated carbocycles. The second-order valence-corrected chi connectivity index (χ2v) is 4.98. The van der Waals surface area contributed by atoms with E-state index in [-0.39, 0.29) is 10.9 Å². The number of halogens is 1. The Morgan fingerprint density at radius 1 is 1.58 bits per heavy atom. The molecule has 0 aromatic rings. The summed E-state index contributed by atoms with van der Waals surface area (Å²) in [6.45, 7) is 1.85. The molecule has 1 unspecified atom stereocenters. The van der Waals surface area contributed by atoms with Gasteiger partial charge in [-0.1, -0.05) is 13.0 Å². The van der Waals surface area contributed by atoms with Crippen molar-refractivity contribution in [3.05, 3.63) is 23.3 Å². The van der Waals surface area contributed by atoms with Crippen LogP contribution >= 0.6 is 10.7 Å². The summed E-state index contributed by atoms with van der Waals surface area (Å²) < 4.78 is 21.7. The lowest BCUT2D eigenvalue weighted by Crippen LogP contribution is -1.94. The highest BCUT2D eigenvalue weighted by atomic mass is 35.7. The molecule has 5 heteroatoms. The Labute approximate surface area is 75.9 Å². The van der Waals surface area contributed by atoms with E-state index in [1.54, 1.807) is 6.08 Å². The Morgan fingerprint density at radius 3 is 2.83 bits per heavy atom. The van der Waals surface area contributed by atoms with Gasteiger partial charge in [-0.05, 0) is 18.1 Å². The summed E-state index contributed by atoms with van der Waals surface area (Å²) in [6, 6.07) is 0. The average Bonchev–Trinajstić information content (AvgIpc) is 2.11. The first-order valence-electron chi connectivity index (χ1n) is 3.37. The standard InChI is InChI=1S/C7H8ClNO2S/c1-6-3-2-4-9-7(5-6)12(8,10)11/h2-6H,1H3. The van der Waals surface area contributed by atoms with Gasteiger partial charge in [0.1, 0.15) is 0 Å². The van der Waals surface area contributed by atoms with Crippen LogP contribution in [0.1, 0.15) is 6.92 Å². The fraction of sp³-hybridized carbons (Fsp3) is 0.286. The van der Waals surface area contributed by atoms with Gasteiger partial charge in [-0.3, -0.25) is 0 Å². The lowest BCUT2D eigenvalue weighted by Gasteiger charge is -1.97. The molecule has 0 saturated heterocycles. The Kier molecular flexibility index (Phi) is 2.69. The SMILES string of the molecule is CC1C=CC=NC(S(=O)(=O)Cl)=C1. The zero-order chi connectivity index (χ0) is 9.19. The van der Waals surface area contributed by atoms with Crippen molar-refractivity contribution < 1.29 is 8.42 Å². The fourth-order valence-corrected chi connectivity index (χ4v) is 1.65. The first-order valence-corrected chi connectivity index (χ1v) is 5.68. The van der Waals surface area contributed by atoms with Gasteiger partial charge in [-0.15, -0.1) is 0 Å². The fourth-order valence-electron chi connectivity index (χ4n) is 0.809. The molecule has 0 aromatic carbocycles. The van der Waals surface area contributed by atoms with E-state index in [0.29, 0.717) is 0 Å². The van der Waals surface area contributed by atoms with Crippen LogP contribution in [-0.2, 0) is 9.05 Å². The summed E-state index contributed by atoms with van der Waals surface area (Å²) in [5.41, 5.74) is 0. The van der Waals surface area contributed by atoms with Gasteiger partial charge in [0, 0.05) is 16.9 Å². The second kappa shape index (κ2) is 3.41. The molecule has 1 atom stereocenters. The van der Waals surface area contributed by atoms with Gasteiger partial charge in [0.15, 0.2) is 5.03 Å². The van der Waals surface area contributed by atoms with Crippen LogP contribution in [0.3, 0.4) is 0 Å². The minimum Gasteiger partial charge on any atom is -0.244 e. The quantitative estimate of drug-likeness (QED) is 0.612. The number of hydrogen-bond donors (Lipinski definition) is 0. The second-order valence-electron chi connectivity index (χ2n) is 2.46. The third-order valence-electron chi connectivity index (χ3n) is 1.36. The minimum atomic E-state index is -3.69. The van der Waals surface area contributed by atoms with Crippen LogP contribution in [0.4, 0.5) is 0 Å². The van der Waals surface area contributed by atoms with Crippen molar-refractivity contribution in [1.82, 2.24) is 0 Å². The highest BCUT2D eigenvalue weighted by molar-refractivity contribution is 8.16. The molecule has 12 heavy (non-hydrogen) atoms. The maximum Gasteiger partial charge on any atom is 0.278 e. The van der Waals surface area contributed by atoms with Crippen molar-refractivity contribution in [2.24, 2.45) is 10.9 Å². The third-order valence-corrected chi connectivity index (χ3v) is 2.57. The average molecular weight is 206 g/mol. The van der Waals surface area contributed by atoms with Crippen LogP contribution in [-0.4, -0.2) is 14.6 Å². The Bertz CT molecular complexity index is 354. The first kappa shape index (κ1) is 9.48. The van der Waals surface area contributed by atoms with E-state index in [1.165, 1.54) is 12.3 Å². The molecule has 1 heterocycles. The van der Waals surface area contributed by atoms with Crippen LogP contribution in [0, 0.1) is 5.92 Å². The van der Waals surface area contributed by atoms with Crippen molar-refractivity contribution in [2.75, 3.05) is 0 Å². The monoisotopic (exact) mass is 205 g/mol. The zero-order valence-electron chi connectivity index (χ0n) is 6.44. The molecule has 0 bridgehead atoms. The summed E-state index contributed by atoms with van der Waals surface area (Å²) >= 11 is 0. The van der Waals surface area contributed by atoms with Crippen LogP contribution < -0.4 is 0 Å². The van der Waals surface area contributed by atoms with Gasteiger partial charge < -0.3 is 0 Å². The number of aliphatic imine (C=N–C) groups is 1. The summed E-state index contributed by atoms with van der Waals surface area (Å²) in [4.78, 5) is 3.67. The smallest absolute Gasteiger partial charge is 0.244 e. The molecule has 0 aromatic heterocycles. The number of allylic oxidation sites excluding steroid dienone is 3. The molecule has 0 fully saturated rings. The third kappa shape index (κ3) is 2.46. The molecular formula is C7H8ClNO2S. The van der Waals surface area contributed by atoms with Crippen LogP contribution in [0.2, 0.25) is 0 Å². The number of hydrogen-bond acceptors (Lipinski definition) is 3. The van der Waals surface area contributed by atoms with Gasteiger partial charge in [-0.2, -0.15) is 0 Å². The summed E-state index contributed by atoms with van der Waals surface area (Å²) in [7, 11) is 1.43. The number of nitrogens with zero attached hydrogens (tertiary/aromatic N) is 1. The number of rotatable bonds is 1. The van der Waals surface area contributed by atoms with E-state index in [1.807, 2.05) is 13.0 Å². The molecule has 0 radical (unpaired) electrons. The van der Waals surface area contributed by atoms with Gasteiger partial charge in [0.05, 0.1) is 0 Å². The highest BCUT2D eigenvalue weighted by Gasteiger charge is 2.14. The van der Waals surface area contributed by atoms with Crippen molar-refractivity contribution in [3.8, 4) is 0 Å². The van der Waals surface area contributed by atoms with Crippen LogP contribution in [0.5, 0.6) is 0 Å².